The highest BCUT2D eigenvalue weighted by molar-refractivity contribution is 7.89. The molecule has 0 fully saturated rings. The molecule has 0 unspecified atom stereocenters. The van der Waals surface area contributed by atoms with E-state index in [9.17, 15) is 18.0 Å². The molecule has 0 saturated carbocycles. The lowest BCUT2D eigenvalue weighted by molar-refractivity contribution is -0.139. The summed E-state index contributed by atoms with van der Waals surface area (Å²) < 4.78 is 32.4. The summed E-state index contributed by atoms with van der Waals surface area (Å²) in [7, 11) is -3.74. The minimum absolute atomic E-state index is 0.0696. The molecular formula is C20H18ClN5O5S. The largest absolute Gasteiger partial charge is 0.459 e. The number of hydrogen-bond acceptors (Lipinski definition) is 7. The first-order valence-corrected chi connectivity index (χ1v) is 11.0. The smallest absolute Gasteiger partial charge is 0.329 e. The number of hydrogen-bond donors (Lipinski definition) is 3. The summed E-state index contributed by atoms with van der Waals surface area (Å²) in [6, 6.07) is 12.2. The maximum atomic E-state index is 12.3. The molecule has 0 aliphatic carbocycles. The van der Waals surface area contributed by atoms with Crippen LogP contribution in [0.2, 0.25) is 5.02 Å². The van der Waals surface area contributed by atoms with Gasteiger partial charge < -0.3 is 9.73 Å². The first-order valence-electron chi connectivity index (χ1n) is 9.17. The molecule has 3 aromatic rings. The summed E-state index contributed by atoms with van der Waals surface area (Å²) in [5, 5.41) is 6.53. The van der Waals surface area contributed by atoms with Gasteiger partial charge in [-0.1, -0.05) is 11.6 Å². The van der Waals surface area contributed by atoms with Gasteiger partial charge in [0.1, 0.15) is 11.5 Å². The maximum Gasteiger partial charge on any atom is 0.329 e. The number of aromatic nitrogens is 1. The van der Waals surface area contributed by atoms with Crippen molar-refractivity contribution in [3.8, 4) is 0 Å². The van der Waals surface area contributed by atoms with E-state index in [2.05, 4.69) is 25.6 Å². The number of sulfonamides is 1. The van der Waals surface area contributed by atoms with Gasteiger partial charge in [-0.3, -0.25) is 14.6 Å². The average Bonchev–Trinajstić information content (AvgIpc) is 3.25. The van der Waals surface area contributed by atoms with Crippen LogP contribution in [0.5, 0.6) is 0 Å². The van der Waals surface area contributed by atoms with Crippen LogP contribution in [0, 0.1) is 0 Å². The third-order valence-corrected chi connectivity index (χ3v) is 5.68. The van der Waals surface area contributed by atoms with Crippen LogP contribution in [0.25, 0.3) is 0 Å². The number of halogens is 1. The number of benzene rings is 1. The first-order chi connectivity index (χ1) is 15.3. The lowest BCUT2D eigenvalue weighted by Crippen LogP contribution is -2.37. The molecule has 3 N–H and O–H groups in total. The second kappa shape index (κ2) is 10.7. The molecule has 0 aliphatic rings. The highest BCUT2D eigenvalue weighted by Crippen LogP contribution is 2.14. The van der Waals surface area contributed by atoms with Gasteiger partial charge in [0.2, 0.25) is 10.0 Å². The van der Waals surface area contributed by atoms with Gasteiger partial charge in [0.05, 0.1) is 17.7 Å². The third-order valence-electron chi connectivity index (χ3n) is 4.01. The molecule has 0 radical (unpaired) electrons. The molecule has 0 saturated heterocycles. The molecule has 2 aromatic heterocycles. The Balaban J connectivity index is 1.46. The molecule has 0 spiro atoms. The number of amides is 2. The summed E-state index contributed by atoms with van der Waals surface area (Å²) in [5.41, 5.74) is 2.87. The highest BCUT2D eigenvalue weighted by Gasteiger charge is 2.15. The van der Waals surface area contributed by atoms with Crippen LogP contribution >= 0.6 is 11.6 Å². The average molecular weight is 476 g/mol. The predicted molar refractivity (Wildman–Crippen MR) is 116 cm³/mol. The minimum atomic E-state index is -3.74. The molecule has 10 nitrogen and oxygen atoms in total. The van der Waals surface area contributed by atoms with Gasteiger partial charge in [0, 0.05) is 24.0 Å². The standard InChI is InChI=1S/C20H18ClN5O5S/c21-15-1-5-18(6-2-15)32(29,30)25-13-17-4-3-16(31-17)12-24-26-20(28)19(27)23-11-14-7-9-22-10-8-14/h1-10,12,25H,11,13H2,(H,23,27)(H,26,28)/b24-12+. The van der Waals surface area contributed by atoms with Crippen molar-refractivity contribution in [2.24, 2.45) is 5.10 Å². The predicted octanol–water partition coefficient (Wildman–Crippen LogP) is 1.57. The van der Waals surface area contributed by atoms with Crippen molar-refractivity contribution in [1.29, 1.82) is 0 Å². The van der Waals surface area contributed by atoms with Crippen molar-refractivity contribution in [1.82, 2.24) is 20.4 Å². The Morgan fingerprint density at radius 3 is 2.44 bits per heavy atom. The van der Waals surface area contributed by atoms with E-state index in [4.69, 9.17) is 16.0 Å². The number of hydrazone groups is 1. The molecule has 0 bridgehead atoms. The Hall–Kier alpha value is -3.54. The Labute approximate surface area is 188 Å². The van der Waals surface area contributed by atoms with Crippen molar-refractivity contribution in [3.63, 3.8) is 0 Å². The van der Waals surface area contributed by atoms with Gasteiger partial charge in [0.25, 0.3) is 0 Å². The molecule has 12 heteroatoms. The van der Waals surface area contributed by atoms with E-state index in [0.717, 1.165) is 5.56 Å². The second-order valence-electron chi connectivity index (χ2n) is 6.32. The molecule has 2 amide bonds. The Morgan fingerprint density at radius 1 is 1.00 bits per heavy atom. The molecule has 2 heterocycles. The van der Waals surface area contributed by atoms with E-state index in [1.807, 2.05) is 0 Å². The highest BCUT2D eigenvalue weighted by atomic mass is 35.5. The Bertz CT molecular complexity index is 1210. The number of carbonyl (C=O) groups excluding carboxylic acids is 2. The fourth-order valence-corrected chi connectivity index (χ4v) is 3.51. The van der Waals surface area contributed by atoms with Crippen molar-refractivity contribution in [2.75, 3.05) is 0 Å². The van der Waals surface area contributed by atoms with Crippen LogP contribution in [0.3, 0.4) is 0 Å². The zero-order chi connectivity index (χ0) is 23.0. The van der Waals surface area contributed by atoms with E-state index in [0.29, 0.717) is 10.8 Å². The van der Waals surface area contributed by atoms with Crippen molar-refractivity contribution >= 4 is 39.7 Å². The van der Waals surface area contributed by atoms with Gasteiger partial charge >= 0.3 is 11.8 Å². The quantitative estimate of drug-likeness (QED) is 0.256. The van der Waals surface area contributed by atoms with Crippen LogP contribution in [0.15, 0.2) is 75.3 Å². The van der Waals surface area contributed by atoms with Gasteiger partial charge in [-0.25, -0.2) is 18.6 Å². The van der Waals surface area contributed by atoms with E-state index in [1.54, 1.807) is 30.6 Å². The normalized spacial score (nSPS) is 11.4. The monoisotopic (exact) mass is 475 g/mol. The molecule has 3 rings (SSSR count). The zero-order valence-corrected chi connectivity index (χ0v) is 18.1. The number of nitrogens with one attached hydrogen (secondary N) is 3. The van der Waals surface area contributed by atoms with Crippen LogP contribution < -0.4 is 15.5 Å². The SMILES string of the molecule is O=C(NCc1ccncc1)C(=O)N/N=C/c1ccc(CNS(=O)(=O)c2ccc(Cl)cc2)o1. The number of carbonyl (C=O) groups is 2. The van der Waals surface area contributed by atoms with Crippen LogP contribution in [-0.2, 0) is 32.7 Å². The summed E-state index contributed by atoms with van der Waals surface area (Å²) >= 11 is 5.76. The lowest BCUT2D eigenvalue weighted by atomic mass is 10.3. The fraction of sp³-hybridized carbons (Fsp3) is 0.100. The Kier molecular flexibility index (Phi) is 7.71. The summed E-state index contributed by atoms with van der Waals surface area (Å²) in [6.45, 7) is 0.0779. The molecular weight excluding hydrogens is 458 g/mol. The van der Waals surface area contributed by atoms with Crippen molar-refractivity contribution in [2.45, 2.75) is 18.0 Å². The fourth-order valence-electron chi connectivity index (χ4n) is 2.39. The van der Waals surface area contributed by atoms with Crippen LogP contribution in [0.1, 0.15) is 17.1 Å². The third kappa shape index (κ3) is 6.74. The van der Waals surface area contributed by atoms with Crippen molar-refractivity contribution < 1.29 is 22.4 Å². The number of nitrogens with zero attached hydrogens (tertiary/aromatic N) is 2. The Morgan fingerprint density at radius 2 is 1.72 bits per heavy atom. The first kappa shape index (κ1) is 23.1. The van der Waals surface area contributed by atoms with Gasteiger partial charge in [0.15, 0.2) is 0 Å². The van der Waals surface area contributed by atoms with Gasteiger partial charge in [-0.05, 0) is 54.1 Å². The van der Waals surface area contributed by atoms with Crippen LogP contribution in [-0.4, -0.2) is 31.4 Å². The molecule has 32 heavy (non-hydrogen) atoms. The van der Waals surface area contributed by atoms with E-state index < -0.39 is 21.8 Å². The summed E-state index contributed by atoms with van der Waals surface area (Å²) in [6.07, 6.45) is 4.34. The second-order valence-corrected chi connectivity index (χ2v) is 8.52. The summed E-state index contributed by atoms with van der Waals surface area (Å²) in [5.74, 6) is -1.22. The van der Waals surface area contributed by atoms with E-state index in [-0.39, 0.29) is 23.7 Å². The number of rotatable bonds is 8. The molecule has 166 valence electrons. The topological polar surface area (TPSA) is 143 Å². The summed E-state index contributed by atoms with van der Waals surface area (Å²) in [4.78, 5) is 27.5. The molecule has 0 atom stereocenters. The van der Waals surface area contributed by atoms with Gasteiger partial charge in [-0.15, -0.1) is 0 Å². The molecule has 1 aromatic carbocycles. The zero-order valence-electron chi connectivity index (χ0n) is 16.5. The van der Waals surface area contributed by atoms with E-state index >= 15 is 0 Å². The molecule has 0 aliphatic heterocycles. The van der Waals surface area contributed by atoms with Gasteiger partial charge in [-0.2, -0.15) is 5.10 Å². The van der Waals surface area contributed by atoms with Crippen LogP contribution in [0.4, 0.5) is 0 Å². The minimum Gasteiger partial charge on any atom is -0.459 e. The lowest BCUT2D eigenvalue weighted by Gasteiger charge is -2.05. The number of pyridine rings is 1. The number of furan rings is 1. The van der Waals surface area contributed by atoms with E-state index in [1.165, 1.54) is 36.5 Å². The van der Waals surface area contributed by atoms with Crippen molar-refractivity contribution in [3.05, 3.63) is 83.0 Å². The maximum absolute atomic E-state index is 12.3.